The molecule has 0 unspecified atom stereocenters. The van der Waals surface area contributed by atoms with E-state index < -0.39 is 0 Å². The first-order chi connectivity index (χ1) is 9.33. The molecule has 0 amide bonds. The maximum atomic E-state index is 5.00. The molecule has 0 spiro atoms. The standard InChI is InChI=1S/C15H21BrN2O/c1-19-12-9-17-8-2-3-10-18-11-7-13-14(16)5-4-6-15(13)18/h4-7,11,17H,2-3,8-10,12H2,1H3. The average Bonchev–Trinajstić information content (AvgIpc) is 2.83. The number of unbranched alkanes of at least 4 members (excludes halogenated alkanes) is 1. The number of nitrogens with one attached hydrogen (secondary N) is 1. The molecule has 1 aromatic carbocycles. The van der Waals surface area contributed by atoms with Gasteiger partial charge in [-0.3, -0.25) is 0 Å². The molecule has 0 bridgehead atoms. The van der Waals surface area contributed by atoms with Crippen LogP contribution < -0.4 is 5.32 Å². The number of ether oxygens (including phenoxy) is 1. The van der Waals surface area contributed by atoms with Gasteiger partial charge in [0.2, 0.25) is 0 Å². The van der Waals surface area contributed by atoms with Crippen LogP contribution in [0.1, 0.15) is 12.8 Å². The molecule has 0 atom stereocenters. The Hall–Kier alpha value is -0.840. The smallest absolute Gasteiger partial charge is 0.0587 e. The highest BCUT2D eigenvalue weighted by atomic mass is 79.9. The zero-order chi connectivity index (χ0) is 13.5. The van der Waals surface area contributed by atoms with Crippen LogP contribution in [0.4, 0.5) is 0 Å². The molecule has 2 rings (SSSR count). The third-order valence-corrected chi connectivity index (χ3v) is 3.94. The molecule has 1 N–H and O–H groups in total. The van der Waals surface area contributed by atoms with Crippen LogP contribution in [-0.4, -0.2) is 31.4 Å². The predicted molar refractivity (Wildman–Crippen MR) is 83.6 cm³/mol. The Bertz CT molecular complexity index is 510. The number of aromatic nitrogens is 1. The molecule has 1 heterocycles. The van der Waals surface area contributed by atoms with E-state index in [9.17, 15) is 0 Å². The Morgan fingerprint density at radius 1 is 1.21 bits per heavy atom. The van der Waals surface area contributed by atoms with Gasteiger partial charge in [-0.2, -0.15) is 0 Å². The van der Waals surface area contributed by atoms with Crippen LogP contribution in [0.3, 0.4) is 0 Å². The lowest BCUT2D eigenvalue weighted by atomic mass is 10.2. The lowest BCUT2D eigenvalue weighted by Crippen LogP contribution is -2.20. The topological polar surface area (TPSA) is 26.2 Å². The fourth-order valence-corrected chi connectivity index (χ4v) is 2.70. The summed E-state index contributed by atoms with van der Waals surface area (Å²) >= 11 is 3.59. The Labute approximate surface area is 123 Å². The average molecular weight is 325 g/mol. The van der Waals surface area contributed by atoms with Gasteiger partial charge in [-0.25, -0.2) is 0 Å². The molecule has 0 aliphatic carbocycles. The van der Waals surface area contributed by atoms with E-state index in [1.165, 1.54) is 28.2 Å². The third-order valence-electron chi connectivity index (χ3n) is 3.25. The van der Waals surface area contributed by atoms with E-state index in [0.29, 0.717) is 0 Å². The van der Waals surface area contributed by atoms with Gasteiger partial charge < -0.3 is 14.6 Å². The summed E-state index contributed by atoms with van der Waals surface area (Å²) in [6, 6.07) is 8.54. The maximum Gasteiger partial charge on any atom is 0.0587 e. The highest BCUT2D eigenvalue weighted by molar-refractivity contribution is 9.10. The van der Waals surface area contributed by atoms with Crippen molar-refractivity contribution in [3.63, 3.8) is 0 Å². The van der Waals surface area contributed by atoms with Crippen molar-refractivity contribution in [3.8, 4) is 0 Å². The number of benzene rings is 1. The summed E-state index contributed by atoms with van der Waals surface area (Å²) in [6.45, 7) is 3.87. The van der Waals surface area contributed by atoms with Gasteiger partial charge in [0.15, 0.2) is 0 Å². The van der Waals surface area contributed by atoms with Crippen molar-refractivity contribution >= 4 is 26.8 Å². The van der Waals surface area contributed by atoms with E-state index in [0.717, 1.165) is 26.2 Å². The summed E-state index contributed by atoms with van der Waals surface area (Å²) < 4.78 is 8.50. The SMILES string of the molecule is COCCNCCCCn1ccc2c(Br)cccc21. The molecule has 0 fully saturated rings. The number of methoxy groups -OCH3 is 1. The largest absolute Gasteiger partial charge is 0.383 e. The summed E-state index contributed by atoms with van der Waals surface area (Å²) in [5.74, 6) is 0. The lowest BCUT2D eigenvalue weighted by molar-refractivity contribution is 0.199. The number of hydrogen-bond acceptors (Lipinski definition) is 2. The summed E-state index contributed by atoms with van der Waals surface area (Å²) in [5, 5.41) is 4.66. The number of fused-ring (bicyclic) bond motifs is 1. The fraction of sp³-hybridized carbons (Fsp3) is 0.467. The second kappa shape index (κ2) is 7.68. The van der Waals surface area contributed by atoms with Crippen molar-refractivity contribution in [2.75, 3.05) is 26.8 Å². The number of halogens is 1. The van der Waals surface area contributed by atoms with Gasteiger partial charge in [0, 0.05) is 41.8 Å². The van der Waals surface area contributed by atoms with E-state index in [1.807, 2.05) is 0 Å². The van der Waals surface area contributed by atoms with Crippen LogP contribution in [0.2, 0.25) is 0 Å². The van der Waals surface area contributed by atoms with Gasteiger partial charge >= 0.3 is 0 Å². The van der Waals surface area contributed by atoms with Crippen molar-refractivity contribution in [1.82, 2.24) is 9.88 Å². The fourth-order valence-electron chi connectivity index (χ4n) is 2.21. The minimum Gasteiger partial charge on any atom is -0.383 e. The van der Waals surface area contributed by atoms with Crippen LogP contribution in [0, 0.1) is 0 Å². The van der Waals surface area contributed by atoms with Gasteiger partial charge in [0.1, 0.15) is 0 Å². The zero-order valence-corrected chi connectivity index (χ0v) is 12.9. The zero-order valence-electron chi connectivity index (χ0n) is 11.4. The number of hydrogen-bond donors (Lipinski definition) is 1. The second-order valence-electron chi connectivity index (χ2n) is 4.63. The molecule has 0 saturated heterocycles. The summed E-state index contributed by atoms with van der Waals surface area (Å²) in [6.07, 6.45) is 4.56. The normalized spacial score (nSPS) is 11.3. The van der Waals surface area contributed by atoms with Gasteiger partial charge in [-0.1, -0.05) is 22.0 Å². The first-order valence-corrected chi connectivity index (χ1v) is 7.55. The maximum absolute atomic E-state index is 5.00. The number of nitrogens with zero attached hydrogens (tertiary/aromatic N) is 1. The molecule has 0 aliphatic rings. The van der Waals surface area contributed by atoms with Crippen molar-refractivity contribution in [3.05, 3.63) is 34.9 Å². The van der Waals surface area contributed by atoms with Crippen LogP contribution >= 0.6 is 15.9 Å². The van der Waals surface area contributed by atoms with Crippen molar-refractivity contribution in [2.45, 2.75) is 19.4 Å². The molecule has 19 heavy (non-hydrogen) atoms. The molecule has 1 aromatic heterocycles. The molecule has 0 aliphatic heterocycles. The van der Waals surface area contributed by atoms with Gasteiger partial charge in [0.05, 0.1) is 6.61 Å². The molecular formula is C15H21BrN2O. The highest BCUT2D eigenvalue weighted by Crippen LogP contribution is 2.24. The van der Waals surface area contributed by atoms with Crippen LogP contribution in [0.25, 0.3) is 10.9 Å². The number of aryl methyl sites for hydroxylation is 1. The number of rotatable bonds is 8. The van der Waals surface area contributed by atoms with Crippen molar-refractivity contribution in [2.24, 2.45) is 0 Å². The van der Waals surface area contributed by atoms with E-state index >= 15 is 0 Å². The van der Waals surface area contributed by atoms with E-state index in [4.69, 9.17) is 4.74 Å². The molecule has 2 aromatic rings. The molecule has 104 valence electrons. The summed E-state index contributed by atoms with van der Waals surface area (Å²) in [4.78, 5) is 0. The molecule has 0 radical (unpaired) electrons. The van der Waals surface area contributed by atoms with Gasteiger partial charge in [-0.05, 0) is 37.6 Å². The second-order valence-corrected chi connectivity index (χ2v) is 5.49. The van der Waals surface area contributed by atoms with Crippen molar-refractivity contribution in [1.29, 1.82) is 0 Å². The van der Waals surface area contributed by atoms with E-state index in [-0.39, 0.29) is 0 Å². The minimum absolute atomic E-state index is 0.788. The van der Waals surface area contributed by atoms with Crippen LogP contribution in [0.5, 0.6) is 0 Å². The Morgan fingerprint density at radius 2 is 2.11 bits per heavy atom. The molecule has 0 saturated carbocycles. The first-order valence-electron chi connectivity index (χ1n) is 6.76. The first kappa shape index (κ1) is 14.6. The quantitative estimate of drug-likeness (QED) is 0.753. The molecule has 4 heteroatoms. The molecule has 3 nitrogen and oxygen atoms in total. The van der Waals surface area contributed by atoms with Gasteiger partial charge in [0.25, 0.3) is 0 Å². The Balaban J connectivity index is 1.77. The Morgan fingerprint density at radius 3 is 2.95 bits per heavy atom. The van der Waals surface area contributed by atoms with Crippen molar-refractivity contribution < 1.29 is 4.74 Å². The highest BCUT2D eigenvalue weighted by Gasteiger charge is 2.02. The predicted octanol–water partition coefficient (Wildman–Crippen LogP) is 3.42. The Kier molecular flexibility index (Phi) is 5.89. The minimum atomic E-state index is 0.788. The summed E-state index contributed by atoms with van der Waals surface area (Å²) in [7, 11) is 1.73. The third kappa shape index (κ3) is 4.06. The van der Waals surface area contributed by atoms with E-state index in [1.54, 1.807) is 7.11 Å². The molecular weight excluding hydrogens is 304 g/mol. The van der Waals surface area contributed by atoms with Crippen LogP contribution in [-0.2, 0) is 11.3 Å². The van der Waals surface area contributed by atoms with Gasteiger partial charge in [-0.15, -0.1) is 0 Å². The van der Waals surface area contributed by atoms with Crippen LogP contribution in [0.15, 0.2) is 34.9 Å². The monoisotopic (exact) mass is 324 g/mol. The summed E-state index contributed by atoms with van der Waals surface area (Å²) in [5.41, 5.74) is 1.31. The van der Waals surface area contributed by atoms with E-state index in [2.05, 4.69) is 56.3 Å². The lowest BCUT2D eigenvalue weighted by Gasteiger charge is -2.07.